The third-order valence-electron chi connectivity index (χ3n) is 4.50. The number of benzene rings is 3. The average Bonchev–Trinajstić information content (AvgIpc) is 2.78. The van der Waals surface area contributed by atoms with Gasteiger partial charge in [-0.3, -0.25) is 9.59 Å². The predicted octanol–water partition coefficient (Wildman–Crippen LogP) is 5.60. The smallest absolute Gasteiger partial charge is 0.271 e. The summed E-state index contributed by atoms with van der Waals surface area (Å²) in [6.07, 6.45) is 0. The second kappa shape index (κ2) is 9.20. The molecule has 0 fully saturated rings. The molecule has 0 aliphatic heterocycles. The highest BCUT2D eigenvalue weighted by Gasteiger charge is 2.09. The normalized spacial score (nSPS) is 10.6. The Kier molecular flexibility index (Phi) is 6.21. The minimum absolute atomic E-state index is 0.220. The lowest BCUT2D eigenvalue weighted by atomic mass is 10.1. The summed E-state index contributed by atoms with van der Waals surface area (Å²) in [6.45, 7) is 1.99. The minimum atomic E-state index is -0.252. The van der Waals surface area contributed by atoms with Gasteiger partial charge in [-0.2, -0.15) is 9.78 Å². The molecule has 5 nitrogen and oxygen atoms in total. The number of nitrogens with zero attached hydrogens (tertiary/aromatic N) is 2. The van der Waals surface area contributed by atoms with Crippen LogP contribution in [0.3, 0.4) is 0 Å². The molecule has 3 aromatic carbocycles. The van der Waals surface area contributed by atoms with Crippen LogP contribution in [0, 0.1) is 6.92 Å². The van der Waals surface area contributed by atoms with E-state index in [1.165, 1.54) is 22.5 Å². The second-order valence-corrected chi connectivity index (χ2v) is 8.37. The molecule has 0 saturated heterocycles. The van der Waals surface area contributed by atoms with Gasteiger partial charge < -0.3 is 5.32 Å². The Morgan fingerprint density at radius 1 is 0.903 bits per heavy atom. The first kappa shape index (κ1) is 20.9. The van der Waals surface area contributed by atoms with Gasteiger partial charge in [-0.05, 0) is 73.7 Å². The topological polar surface area (TPSA) is 64.0 Å². The molecule has 7 heteroatoms. The summed E-state index contributed by atoms with van der Waals surface area (Å²) in [5.41, 5.74) is 2.66. The number of rotatable bonds is 5. The maximum Gasteiger partial charge on any atom is 0.271 e. The molecule has 0 bridgehead atoms. The van der Waals surface area contributed by atoms with E-state index in [-0.39, 0.29) is 11.5 Å². The van der Waals surface area contributed by atoms with E-state index < -0.39 is 0 Å². The first-order valence-corrected chi connectivity index (χ1v) is 10.7. The zero-order chi connectivity index (χ0) is 21.8. The summed E-state index contributed by atoms with van der Waals surface area (Å²) in [6, 6.07) is 24.9. The van der Waals surface area contributed by atoms with Crippen LogP contribution in [0.1, 0.15) is 15.9 Å². The van der Waals surface area contributed by atoms with Crippen molar-refractivity contribution in [2.45, 2.75) is 16.8 Å². The predicted molar refractivity (Wildman–Crippen MR) is 125 cm³/mol. The summed E-state index contributed by atoms with van der Waals surface area (Å²) in [5, 5.41) is 8.64. The van der Waals surface area contributed by atoms with Gasteiger partial charge in [-0.15, -0.1) is 0 Å². The van der Waals surface area contributed by atoms with Gasteiger partial charge in [-0.1, -0.05) is 41.1 Å². The van der Waals surface area contributed by atoms with E-state index in [4.69, 9.17) is 11.6 Å². The molecule has 0 unspecified atom stereocenters. The molecule has 1 amide bonds. The molecular weight excluding hydrogens is 430 g/mol. The van der Waals surface area contributed by atoms with Gasteiger partial charge >= 0.3 is 0 Å². The number of nitrogens with one attached hydrogen (secondary N) is 1. The monoisotopic (exact) mass is 447 g/mol. The van der Waals surface area contributed by atoms with Crippen LogP contribution in [-0.2, 0) is 0 Å². The number of aryl methyl sites for hydroxylation is 1. The van der Waals surface area contributed by atoms with Crippen LogP contribution in [0.4, 0.5) is 5.69 Å². The highest BCUT2D eigenvalue weighted by molar-refractivity contribution is 7.99. The average molecular weight is 448 g/mol. The lowest BCUT2D eigenvalue weighted by Crippen LogP contribution is -2.20. The van der Waals surface area contributed by atoms with Crippen molar-refractivity contribution in [1.29, 1.82) is 0 Å². The van der Waals surface area contributed by atoms with Crippen molar-refractivity contribution in [3.8, 4) is 5.69 Å². The Labute approximate surface area is 188 Å². The van der Waals surface area contributed by atoms with Crippen LogP contribution in [0.25, 0.3) is 5.69 Å². The SMILES string of the molecule is Cc1ccc(NC(=O)c2ccc(-n3nc(Sc4ccc(Cl)cc4)ccc3=O)cc2)cc1. The van der Waals surface area contributed by atoms with E-state index in [1.807, 2.05) is 43.3 Å². The van der Waals surface area contributed by atoms with Gasteiger partial charge in [-0.25, -0.2) is 0 Å². The van der Waals surface area contributed by atoms with Gasteiger partial charge in [0.2, 0.25) is 0 Å². The number of carbonyl (C=O) groups is 1. The zero-order valence-electron chi connectivity index (χ0n) is 16.6. The molecule has 1 aromatic heterocycles. The first-order valence-electron chi connectivity index (χ1n) is 9.50. The number of hydrogen-bond donors (Lipinski definition) is 1. The fourth-order valence-corrected chi connectivity index (χ4v) is 3.75. The highest BCUT2D eigenvalue weighted by Crippen LogP contribution is 2.26. The Balaban J connectivity index is 1.52. The van der Waals surface area contributed by atoms with Crippen LogP contribution in [0.5, 0.6) is 0 Å². The van der Waals surface area contributed by atoms with Crippen LogP contribution in [-0.4, -0.2) is 15.7 Å². The van der Waals surface area contributed by atoms with Crippen LogP contribution < -0.4 is 10.9 Å². The van der Waals surface area contributed by atoms with Gasteiger partial charge in [0.25, 0.3) is 11.5 Å². The molecule has 0 aliphatic rings. The van der Waals surface area contributed by atoms with Gasteiger partial charge in [0.1, 0.15) is 5.03 Å². The van der Waals surface area contributed by atoms with Crippen molar-refractivity contribution in [2.24, 2.45) is 0 Å². The number of anilines is 1. The summed E-state index contributed by atoms with van der Waals surface area (Å²) in [5.74, 6) is -0.220. The molecule has 1 N–H and O–H groups in total. The number of amides is 1. The van der Waals surface area contributed by atoms with Crippen molar-refractivity contribution in [3.05, 3.63) is 111 Å². The van der Waals surface area contributed by atoms with E-state index in [2.05, 4.69) is 10.4 Å². The van der Waals surface area contributed by atoms with Gasteiger partial charge in [0.05, 0.1) is 5.69 Å². The van der Waals surface area contributed by atoms with Crippen molar-refractivity contribution >= 4 is 35.0 Å². The fraction of sp³-hybridized carbons (Fsp3) is 0.0417. The number of aromatic nitrogens is 2. The molecule has 0 radical (unpaired) electrons. The molecule has 0 saturated carbocycles. The van der Waals surface area contributed by atoms with Crippen molar-refractivity contribution < 1.29 is 4.79 Å². The van der Waals surface area contributed by atoms with Crippen LogP contribution in [0.15, 0.2) is 99.6 Å². The van der Waals surface area contributed by atoms with E-state index in [1.54, 1.807) is 42.5 Å². The summed E-state index contributed by atoms with van der Waals surface area (Å²) in [4.78, 5) is 25.8. The van der Waals surface area contributed by atoms with Crippen LogP contribution >= 0.6 is 23.4 Å². The van der Waals surface area contributed by atoms with Crippen molar-refractivity contribution in [3.63, 3.8) is 0 Å². The second-order valence-electron chi connectivity index (χ2n) is 6.84. The Morgan fingerprint density at radius 2 is 1.58 bits per heavy atom. The van der Waals surface area contributed by atoms with Gasteiger partial charge in [0.15, 0.2) is 0 Å². The third kappa shape index (κ3) is 5.23. The quantitative estimate of drug-likeness (QED) is 0.432. The lowest BCUT2D eigenvalue weighted by Gasteiger charge is -2.09. The van der Waals surface area contributed by atoms with Gasteiger partial charge in [0, 0.05) is 27.2 Å². The Morgan fingerprint density at radius 3 is 2.26 bits per heavy atom. The summed E-state index contributed by atoms with van der Waals surface area (Å²) >= 11 is 7.36. The number of halogens is 1. The fourth-order valence-electron chi connectivity index (χ4n) is 2.85. The molecule has 31 heavy (non-hydrogen) atoms. The highest BCUT2D eigenvalue weighted by atomic mass is 35.5. The van der Waals surface area contributed by atoms with E-state index in [9.17, 15) is 9.59 Å². The van der Waals surface area contributed by atoms with E-state index in [0.29, 0.717) is 21.3 Å². The summed E-state index contributed by atoms with van der Waals surface area (Å²) in [7, 11) is 0. The van der Waals surface area contributed by atoms with E-state index in [0.717, 1.165) is 16.1 Å². The molecule has 1 heterocycles. The minimum Gasteiger partial charge on any atom is -0.322 e. The zero-order valence-corrected chi connectivity index (χ0v) is 18.2. The number of hydrogen-bond acceptors (Lipinski definition) is 4. The van der Waals surface area contributed by atoms with Crippen molar-refractivity contribution in [1.82, 2.24) is 9.78 Å². The van der Waals surface area contributed by atoms with Crippen molar-refractivity contribution in [2.75, 3.05) is 5.32 Å². The maximum atomic E-state index is 12.5. The molecule has 4 rings (SSSR count). The first-order chi connectivity index (χ1) is 15.0. The third-order valence-corrected chi connectivity index (χ3v) is 5.68. The molecule has 0 atom stereocenters. The maximum absolute atomic E-state index is 12.5. The summed E-state index contributed by atoms with van der Waals surface area (Å²) < 4.78 is 1.32. The molecular formula is C24H18ClN3O2S. The Bertz CT molecular complexity index is 1270. The molecule has 4 aromatic rings. The van der Waals surface area contributed by atoms with E-state index >= 15 is 0 Å². The molecule has 0 aliphatic carbocycles. The number of carbonyl (C=O) groups excluding carboxylic acids is 1. The van der Waals surface area contributed by atoms with Crippen LogP contribution in [0.2, 0.25) is 5.02 Å². The standard InChI is InChI=1S/C24H18ClN3O2S/c1-16-2-8-19(9-3-16)26-24(30)17-4-10-20(11-5-17)28-23(29)15-14-22(27-28)31-21-12-6-18(25)7-13-21/h2-15H,1H3,(H,26,30). The molecule has 154 valence electrons. The molecule has 0 spiro atoms. The largest absolute Gasteiger partial charge is 0.322 e. The Hall–Kier alpha value is -3.35. The lowest BCUT2D eigenvalue weighted by molar-refractivity contribution is 0.102.